The molecule has 1 aromatic carbocycles. The van der Waals surface area contributed by atoms with Gasteiger partial charge in [-0.1, -0.05) is 25.5 Å². The number of hydrogen-bond acceptors (Lipinski definition) is 2. The molecule has 2 heteroatoms. The molecule has 0 saturated heterocycles. The van der Waals surface area contributed by atoms with Gasteiger partial charge in [0, 0.05) is 6.54 Å². The highest BCUT2D eigenvalue weighted by Crippen LogP contribution is 2.48. The topological polar surface area (TPSA) is 21.3 Å². The Labute approximate surface area is 122 Å². The van der Waals surface area contributed by atoms with Crippen LogP contribution in [0.1, 0.15) is 44.6 Å². The number of hydrogen-bond donors (Lipinski definition) is 1. The molecule has 20 heavy (non-hydrogen) atoms. The van der Waals surface area contributed by atoms with Gasteiger partial charge in [-0.05, 0) is 67.7 Å². The van der Waals surface area contributed by atoms with Crippen LogP contribution in [0.25, 0.3) is 0 Å². The first-order valence-electron chi connectivity index (χ1n) is 8.27. The molecular weight excluding hydrogens is 246 g/mol. The first-order valence-corrected chi connectivity index (χ1v) is 8.27. The van der Waals surface area contributed by atoms with Gasteiger partial charge in [-0.2, -0.15) is 0 Å². The summed E-state index contributed by atoms with van der Waals surface area (Å²) in [5, 5.41) is 3.43. The highest BCUT2D eigenvalue weighted by molar-refractivity contribution is 5.27. The normalized spacial score (nSPS) is 27.9. The van der Waals surface area contributed by atoms with E-state index in [0.29, 0.717) is 0 Å². The number of fused-ring (bicyclic) bond motifs is 2. The standard InChI is InChI=1S/C18H27NO/c1-2-9-19-12-14-4-7-18(8-5-14)20-13-17-11-15-3-6-16(17)10-15/h4-5,7-8,15-17,19H,2-3,6,9-13H2,1H3. The Kier molecular flexibility index (Phi) is 4.62. The van der Waals surface area contributed by atoms with Gasteiger partial charge in [0.15, 0.2) is 0 Å². The van der Waals surface area contributed by atoms with Crippen LogP contribution in [0.2, 0.25) is 0 Å². The van der Waals surface area contributed by atoms with Gasteiger partial charge in [0.05, 0.1) is 6.61 Å². The van der Waals surface area contributed by atoms with E-state index < -0.39 is 0 Å². The van der Waals surface area contributed by atoms with Crippen molar-refractivity contribution in [3.63, 3.8) is 0 Å². The van der Waals surface area contributed by atoms with Crippen molar-refractivity contribution in [3.05, 3.63) is 29.8 Å². The molecule has 0 heterocycles. The third kappa shape index (κ3) is 3.35. The van der Waals surface area contributed by atoms with Crippen LogP contribution in [0, 0.1) is 17.8 Å². The minimum Gasteiger partial charge on any atom is -0.493 e. The lowest BCUT2D eigenvalue weighted by molar-refractivity contribution is 0.195. The van der Waals surface area contributed by atoms with Crippen molar-refractivity contribution in [2.24, 2.45) is 17.8 Å². The molecule has 1 N–H and O–H groups in total. The molecule has 2 bridgehead atoms. The van der Waals surface area contributed by atoms with Gasteiger partial charge in [-0.25, -0.2) is 0 Å². The van der Waals surface area contributed by atoms with Crippen LogP contribution in [0.5, 0.6) is 5.75 Å². The predicted molar refractivity (Wildman–Crippen MR) is 82.9 cm³/mol. The van der Waals surface area contributed by atoms with E-state index in [4.69, 9.17) is 4.74 Å². The number of nitrogens with one attached hydrogen (secondary N) is 1. The fourth-order valence-electron chi connectivity index (χ4n) is 3.90. The molecule has 0 amide bonds. The van der Waals surface area contributed by atoms with E-state index in [1.54, 1.807) is 0 Å². The van der Waals surface area contributed by atoms with Gasteiger partial charge < -0.3 is 10.1 Å². The summed E-state index contributed by atoms with van der Waals surface area (Å²) < 4.78 is 6.00. The van der Waals surface area contributed by atoms with Crippen molar-refractivity contribution >= 4 is 0 Å². The Morgan fingerprint density at radius 3 is 2.65 bits per heavy atom. The molecular formula is C18H27NO. The molecule has 0 radical (unpaired) electrons. The van der Waals surface area contributed by atoms with E-state index in [-0.39, 0.29) is 0 Å². The molecule has 0 spiro atoms. The third-order valence-electron chi connectivity index (χ3n) is 5.03. The molecule has 110 valence electrons. The molecule has 2 saturated carbocycles. The quantitative estimate of drug-likeness (QED) is 0.758. The van der Waals surface area contributed by atoms with Gasteiger partial charge in [0.1, 0.15) is 5.75 Å². The van der Waals surface area contributed by atoms with E-state index in [2.05, 4.69) is 36.5 Å². The number of rotatable bonds is 7. The van der Waals surface area contributed by atoms with Crippen LogP contribution in [-0.4, -0.2) is 13.2 Å². The Hall–Kier alpha value is -1.02. The summed E-state index contributed by atoms with van der Waals surface area (Å²) in [5.74, 6) is 3.82. The van der Waals surface area contributed by atoms with E-state index in [1.165, 1.54) is 37.7 Å². The van der Waals surface area contributed by atoms with Gasteiger partial charge in [-0.3, -0.25) is 0 Å². The molecule has 0 aliphatic heterocycles. The summed E-state index contributed by atoms with van der Waals surface area (Å²) in [5.41, 5.74) is 1.34. The smallest absolute Gasteiger partial charge is 0.119 e. The second-order valence-corrected chi connectivity index (χ2v) is 6.57. The average Bonchev–Trinajstić information content (AvgIpc) is 3.09. The maximum absolute atomic E-state index is 6.00. The minimum absolute atomic E-state index is 0.819. The molecule has 2 fully saturated rings. The molecule has 0 aromatic heterocycles. The van der Waals surface area contributed by atoms with E-state index in [9.17, 15) is 0 Å². The first kappa shape index (κ1) is 13.9. The Bertz CT molecular complexity index is 414. The zero-order valence-corrected chi connectivity index (χ0v) is 12.6. The van der Waals surface area contributed by atoms with Crippen LogP contribution < -0.4 is 10.1 Å². The fraction of sp³-hybridized carbons (Fsp3) is 0.667. The van der Waals surface area contributed by atoms with Crippen molar-refractivity contribution in [1.29, 1.82) is 0 Å². The molecule has 2 aliphatic rings. The molecule has 2 nitrogen and oxygen atoms in total. The zero-order chi connectivity index (χ0) is 13.8. The summed E-state index contributed by atoms with van der Waals surface area (Å²) in [7, 11) is 0. The van der Waals surface area contributed by atoms with Gasteiger partial charge in [0.25, 0.3) is 0 Å². The second-order valence-electron chi connectivity index (χ2n) is 6.57. The monoisotopic (exact) mass is 273 g/mol. The lowest BCUT2D eigenvalue weighted by atomic mass is 9.89. The Balaban J connectivity index is 1.44. The zero-order valence-electron chi connectivity index (χ0n) is 12.6. The summed E-state index contributed by atoms with van der Waals surface area (Å²) >= 11 is 0. The second kappa shape index (κ2) is 6.62. The minimum atomic E-state index is 0.819. The van der Waals surface area contributed by atoms with Crippen LogP contribution in [0.15, 0.2) is 24.3 Å². The third-order valence-corrected chi connectivity index (χ3v) is 5.03. The fourth-order valence-corrected chi connectivity index (χ4v) is 3.90. The van der Waals surface area contributed by atoms with Crippen molar-refractivity contribution in [3.8, 4) is 5.75 Å². The molecule has 2 aliphatic carbocycles. The highest BCUT2D eigenvalue weighted by Gasteiger charge is 2.39. The predicted octanol–water partition coefficient (Wildman–Crippen LogP) is 4.00. The van der Waals surface area contributed by atoms with E-state index in [0.717, 1.165) is 43.2 Å². The summed E-state index contributed by atoms with van der Waals surface area (Å²) in [6.07, 6.45) is 6.98. The van der Waals surface area contributed by atoms with Gasteiger partial charge in [0.2, 0.25) is 0 Å². The Morgan fingerprint density at radius 2 is 2.00 bits per heavy atom. The van der Waals surface area contributed by atoms with E-state index in [1.807, 2.05) is 0 Å². The van der Waals surface area contributed by atoms with Crippen LogP contribution in [0.3, 0.4) is 0 Å². The summed E-state index contributed by atoms with van der Waals surface area (Å²) in [6, 6.07) is 8.60. The highest BCUT2D eigenvalue weighted by atomic mass is 16.5. The first-order chi connectivity index (χ1) is 9.85. The lowest BCUT2D eigenvalue weighted by Gasteiger charge is -2.21. The maximum Gasteiger partial charge on any atom is 0.119 e. The molecule has 1 aromatic rings. The SMILES string of the molecule is CCCNCc1ccc(OCC2CC3CCC2C3)cc1. The number of benzene rings is 1. The number of ether oxygens (including phenoxy) is 1. The van der Waals surface area contributed by atoms with Crippen molar-refractivity contribution in [1.82, 2.24) is 5.32 Å². The summed E-state index contributed by atoms with van der Waals surface area (Å²) in [6.45, 7) is 5.16. The van der Waals surface area contributed by atoms with Gasteiger partial charge in [-0.15, -0.1) is 0 Å². The van der Waals surface area contributed by atoms with Crippen LogP contribution in [0.4, 0.5) is 0 Å². The largest absolute Gasteiger partial charge is 0.493 e. The van der Waals surface area contributed by atoms with Crippen molar-refractivity contribution in [2.45, 2.75) is 45.6 Å². The lowest BCUT2D eigenvalue weighted by Crippen LogP contribution is -2.18. The molecule has 3 atom stereocenters. The van der Waals surface area contributed by atoms with Crippen LogP contribution >= 0.6 is 0 Å². The van der Waals surface area contributed by atoms with Crippen molar-refractivity contribution in [2.75, 3.05) is 13.2 Å². The Morgan fingerprint density at radius 1 is 1.15 bits per heavy atom. The van der Waals surface area contributed by atoms with Gasteiger partial charge >= 0.3 is 0 Å². The average molecular weight is 273 g/mol. The molecule has 3 rings (SSSR count). The summed E-state index contributed by atoms with van der Waals surface area (Å²) in [4.78, 5) is 0. The van der Waals surface area contributed by atoms with Crippen LogP contribution in [-0.2, 0) is 6.54 Å². The maximum atomic E-state index is 6.00. The van der Waals surface area contributed by atoms with E-state index >= 15 is 0 Å². The van der Waals surface area contributed by atoms with Crippen molar-refractivity contribution < 1.29 is 4.74 Å². The molecule has 3 unspecified atom stereocenters.